The summed E-state index contributed by atoms with van der Waals surface area (Å²) in [5, 5.41) is 15.1. The molecule has 130 valence electrons. The van der Waals surface area contributed by atoms with E-state index in [1.54, 1.807) is 13.0 Å². The molecule has 0 aliphatic carbocycles. The second-order valence-electron chi connectivity index (χ2n) is 5.92. The molecule has 2 atom stereocenters. The molecule has 23 heavy (non-hydrogen) atoms. The summed E-state index contributed by atoms with van der Waals surface area (Å²) in [7, 11) is 0. The molecule has 1 aromatic carbocycles. The van der Waals surface area contributed by atoms with Crippen molar-refractivity contribution in [3.63, 3.8) is 0 Å². The van der Waals surface area contributed by atoms with Gasteiger partial charge in [0.05, 0.1) is 12.0 Å². The Hall–Kier alpha value is -1.76. The second kappa shape index (κ2) is 7.68. The predicted octanol–water partition coefficient (Wildman–Crippen LogP) is 3.71. The quantitative estimate of drug-likeness (QED) is 0.744. The standard InChI is InChI=1S/C16H23F3N2O2/c1-4-11(2)15(3,23)10-20-14(22)21-13-8-6-5-7-12(13)9-16(17,18)19/h5-8,11,23H,4,9-10H2,1-3H3,(H2,20,21,22). The zero-order valence-corrected chi connectivity index (χ0v) is 13.5. The number of hydrogen-bond donors (Lipinski definition) is 3. The van der Waals surface area contributed by atoms with E-state index in [-0.39, 0.29) is 23.7 Å². The van der Waals surface area contributed by atoms with Crippen LogP contribution in [0.5, 0.6) is 0 Å². The molecule has 0 saturated heterocycles. The number of aliphatic hydroxyl groups is 1. The first kappa shape index (κ1) is 19.3. The maximum atomic E-state index is 12.5. The molecule has 2 unspecified atom stereocenters. The van der Waals surface area contributed by atoms with E-state index in [0.717, 1.165) is 6.42 Å². The minimum atomic E-state index is -4.35. The van der Waals surface area contributed by atoms with Crippen molar-refractivity contribution in [2.45, 2.75) is 45.4 Å². The van der Waals surface area contributed by atoms with Crippen molar-refractivity contribution in [1.29, 1.82) is 0 Å². The Labute approximate surface area is 134 Å². The highest BCUT2D eigenvalue weighted by Crippen LogP contribution is 2.26. The summed E-state index contributed by atoms with van der Waals surface area (Å²) in [6.45, 7) is 5.40. The van der Waals surface area contributed by atoms with Gasteiger partial charge < -0.3 is 15.7 Å². The number of urea groups is 1. The Bertz CT molecular complexity index is 530. The van der Waals surface area contributed by atoms with E-state index in [0.29, 0.717) is 0 Å². The first-order valence-electron chi connectivity index (χ1n) is 7.47. The maximum Gasteiger partial charge on any atom is 0.393 e. The summed E-state index contributed by atoms with van der Waals surface area (Å²) in [5.74, 6) is -0.0275. The third-order valence-corrected chi connectivity index (χ3v) is 3.94. The highest BCUT2D eigenvalue weighted by molar-refractivity contribution is 5.90. The average Bonchev–Trinajstić information content (AvgIpc) is 2.45. The number of carbonyl (C=O) groups is 1. The van der Waals surface area contributed by atoms with Crippen molar-refractivity contribution in [2.24, 2.45) is 5.92 Å². The van der Waals surface area contributed by atoms with E-state index in [4.69, 9.17) is 0 Å². The normalized spacial score (nSPS) is 15.6. The molecular weight excluding hydrogens is 309 g/mol. The molecule has 0 radical (unpaired) electrons. The Balaban J connectivity index is 2.68. The van der Waals surface area contributed by atoms with Crippen molar-refractivity contribution in [3.05, 3.63) is 29.8 Å². The fraction of sp³-hybridized carbons (Fsp3) is 0.562. The minimum absolute atomic E-state index is 0.00920. The van der Waals surface area contributed by atoms with E-state index in [2.05, 4.69) is 10.6 Å². The van der Waals surface area contributed by atoms with Crippen molar-refractivity contribution in [2.75, 3.05) is 11.9 Å². The van der Waals surface area contributed by atoms with Crippen LogP contribution in [0.4, 0.5) is 23.7 Å². The molecule has 0 heterocycles. The van der Waals surface area contributed by atoms with Crippen molar-refractivity contribution in [3.8, 4) is 0 Å². The van der Waals surface area contributed by atoms with E-state index in [1.165, 1.54) is 18.2 Å². The summed E-state index contributed by atoms with van der Waals surface area (Å²) in [6, 6.07) is 5.11. The van der Waals surface area contributed by atoms with Crippen LogP contribution in [0.2, 0.25) is 0 Å². The SMILES string of the molecule is CCC(C)C(C)(O)CNC(=O)Nc1ccccc1CC(F)(F)F. The number of amides is 2. The van der Waals surface area contributed by atoms with E-state index in [9.17, 15) is 23.1 Å². The molecule has 0 spiro atoms. The number of alkyl halides is 3. The monoisotopic (exact) mass is 332 g/mol. The van der Waals surface area contributed by atoms with Gasteiger partial charge in [-0.15, -0.1) is 0 Å². The number of rotatable bonds is 6. The van der Waals surface area contributed by atoms with Gasteiger partial charge in [0.25, 0.3) is 0 Å². The van der Waals surface area contributed by atoms with Crippen LogP contribution in [0, 0.1) is 5.92 Å². The smallest absolute Gasteiger partial charge is 0.388 e. The first-order valence-corrected chi connectivity index (χ1v) is 7.47. The molecule has 0 aliphatic rings. The van der Waals surface area contributed by atoms with Gasteiger partial charge in [-0.25, -0.2) is 4.79 Å². The van der Waals surface area contributed by atoms with Crippen molar-refractivity contribution < 1.29 is 23.1 Å². The van der Waals surface area contributed by atoms with Crippen LogP contribution < -0.4 is 10.6 Å². The summed E-state index contributed by atoms with van der Waals surface area (Å²) < 4.78 is 37.6. The Morgan fingerprint density at radius 1 is 1.30 bits per heavy atom. The molecular formula is C16H23F3N2O2. The Kier molecular flexibility index (Phi) is 6.44. The molecule has 0 aliphatic heterocycles. The van der Waals surface area contributed by atoms with Gasteiger partial charge in [-0.1, -0.05) is 38.5 Å². The first-order chi connectivity index (χ1) is 10.5. The van der Waals surface area contributed by atoms with Gasteiger partial charge in [-0.05, 0) is 24.5 Å². The van der Waals surface area contributed by atoms with Crippen LogP contribution in [-0.2, 0) is 6.42 Å². The van der Waals surface area contributed by atoms with Crippen LogP contribution in [0.3, 0.4) is 0 Å². The summed E-state index contributed by atoms with van der Waals surface area (Å²) >= 11 is 0. The fourth-order valence-electron chi connectivity index (χ4n) is 2.05. The third-order valence-electron chi connectivity index (χ3n) is 3.94. The average molecular weight is 332 g/mol. The summed E-state index contributed by atoms with van der Waals surface area (Å²) in [5.41, 5.74) is -0.994. The molecule has 1 rings (SSSR count). The number of halogens is 3. The van der Waals surface area contributed by atoms with Crippen LogP contribution >= 0.6 is 0 Å². The van der Waals surface area contributed by atoms with E-state index >= 15 is 0 Å². The minimum Gasteiger partial charge on any atom is -0.388 e. The van der Waals surface area contributed by atoms with Crippen LogP contribution in [0.25, 0.3) is 0 Å². The molecule has 0 saturated carbocycles. The largest absolute Gasteiger partial charge is 0.393 e. The van der Waals surface area contributed by atoms with E-state index in [1.807, 2.05) is 13.8 Å². The van der Waals surface area contributed by atoms with E-state index < -0.39 is 24.2 Å². The zero-order chi connectivity index (χ0) is 17.7. The molecule has 0 aromatic heterocycles. The number of carbonyl (C=O) groups excluding carboxylic acids is 1. The lowest BCUT2D eigenvalue weighted by molar-refractivity contribution is -0.127. The van der Waals surface area contributed by atoms with Gasteiger partial charge >= 0.3 is 12.2 Å². The molecule has 0 fully saturated rings. The van der Waals surface area contributed by atoms with Crippen LogP contribution in [-0.4, -0.2) is 29.5 Å². The molecule has 1 aromatic rings. The Morgan fingerprint density at radius 2 is 1.91 bits per heavy atom. The maximum absolute atomic E-state index is 12.5. The number of nitrogens with one attached hydrogen (secondary N) is 2. The predicted molar refractivity (Wildman–Crippen MR) is 83.3 cm³/mol. The summed E-state index contributed by atoms with van der Waals surface area (Å²) in [4.78, 5) is 11.9. The van der Waals surface area contributed by atoms with Gasteiger partial charge in [-0.3, -0.25) is 0 Å². The Morgan fingerprint density at radius 3 is 2.48 bits per heavy atom. The van der Waals surface area contributed by atoms with Crippen molar-refractivity contribution >= 4 is 11.7 Å². The van der Waals surface area contributed by atoms with Crippen molar-refractivity contribution in [1.82, 2.24) is 5.32 Å². The lowest BCUT2D eigenvalue weighted by Gasteiger charge is -2.29. The number of benzene rings is 1. The van der Waals surface area contributed by atoms with Crippen LogP contribution in [0.15, 0.2) is 24.3 Å². The lowest BCUT2D eigenvalue weighted by Crippen LogP contribution is -2.46. The van der Waals surface area contributed by atoms with Gasteiger partial charge in [0, 0.05) is 12.2 Å². The number of anilines is 1. The van der Waals surface area contributed by atoms with Gasteiger partial charge in [0.2, 0.25) is 0 Å². The molecule has 3 N–H and O–H groups in total. The molecule has 4 nitrogen and oxygen atoms in total. The molecule has 7 heteroatoms. The summed E-state index contributed by atoms with van der Waals surface area (Å²) in [6.07, 6.45) is -4.73. The highest BCUT2D eigenvalue weighted by Gasteiger charge is 2.30. The topological polar surface area (TPSA) is 61.4 Å². The number of para-hydroxylation sites is 1. The second-order valence-corrected chi connectivity index (χ2v) is 5.92. The highest BCUT2D eigenvalue weighted by atomic mass is 19.4. The molecule has 2 amide bonds. The van der Waals surface area contributed by atoms with Gasteiger partial charge in [0.1, 0.15) is 0 Å². The fourth-order valence-corrected chi connectivity index (χ4v) is 2.05. The third kappa shape index (κ3) is 6.48. The number of hydrogen-bond acceptors (Lipinski definition) is 2. The van der Waals surface area contributed by atoms with Gasteiger partial charge in [0.15, 0.2) is 0 Å². The van der Waals surface area contributed by atoms with Gasteiger partial charge in [-0.2, -0.15) is 13.2 Å². The molecule has 0 bridgehead atoms. The lowest BCUT2D eigenvalue weighted by atomic mass is 9.89. The zero-order valence-electron chi connectivity index (χ0n) is 13.5. The van der Waals surface area contributed by atoms with Crippen LogP contribution in [0.1, 0.15) is 32.8 Å².